The molecule has 0 aliphatic rings. The zero-order valence-electron chi connectivity index (χ0n) is 20.4. The molecule has 0 spiro atoms. The van der Waals surface area contributed by atoms with Crippen molar-refractivity contribution in [1.82, 2.24) is 15.5 Å². The van der Waals surface area contributed by atoms with Crippen LogP contribution in [0.3, 0.4) is 0 Å². The zero-order chi connectivity index (χ0) is 25.3. The van der Waals surface area contributed by atoms with Gasteiger partial charge in [0.05, 0.1) is 0 Å². The molecule has 2 rings (SSSR count). The average Bonchev–Trinajstić information content (AvgIpc) is 2.80. The van der Waals surface area contributed by atoms with Crippen LogP contribution in [0.15, 0.2) is 54.6 Å². The van der Waals surface area contributed by atoms with Crippen LogP contribution in [0.1, 0.15) is 57.4 Å². The maximum absolute atomic E-state index is 13.3. The third-order valence-corrected chi connectivity index (χ3v) is 5.00. The van der Waals surface area contributed by atoms with Crippen LogP contribution < -0.4 is 10.6 Å². The molecule has 0 saturated carbocycles. The molecule has 2 atom stereocenters. The summed E-state index contributed by atoms with van der Waals surface area (Å²) in [5.74, 6) is -1.03. The van der Waals surface area contributed by atoms with E-state index < -0.39 is 35.6 Å². The minimum Gasteiger partial charge on any atom is -0.444 e. The van der Waals surface area contributed by atoms with Crippen LogP contribution in [-0.2, 0) is 27.3 Å². The van der Waals surface area contributed by atoms with E-state index in [1.165, 1.54) is 6.92 Å². The van der Waals surface area contributed by atoms with Gasteiger partial charge in [0.1, 0.15) is 17.7 Å². The van der Waals surface area contributed by atoms with Crippen LogP contribution in [0.2, 0.25) is 0 Å². The summed E-state index contributed by atoms with van der Waals surface area (Å²) >= 11 is 0. The van der Waals surface area contributed by atoms with Crippen molar-refractivity contribution < 1.29 is 19.1 Å². The van der Waals surface area contributed by atoms with Crippen LogP contribution in [-0.4, -0.2) is 34.5 Å². The summed E-state index contributed by atoms with van der Waals surface area (Å²) in [6, 6.07) is 17.1. The Labute approximate surface area is 201 Å². The topological polar surface area (TPSA) is 87.7 Å². The summed E-state index contributed by atoms with van der Waals surface area (Å²) in [7, 11) is 0. The van der Waals surface area contributed by atoms with Crippen molar-refractivity contribution in [2.24, 2.45) is 0 Å². The second kappa shape index (κ2) is 11.9. The van der Waals surface area contributed by atoms with E-state index in [1.807, 2.05) is 49.4 Å². The molecule has 2 unspecified atom stereocenters. The molecule has 2 aromatic rings. The van der Waals surface area contributed by atoms with E-state index in [0.29, 0.717) is 5.56 Å². The van der Waals surface area contributed by atoms with Crippen LogP contribution in [0, 0.1) is 12.5 Å². The van der Waals surface area contributed by atoms with Gasteiger partial charge in [-0.25, -0.2) is 4.79 Å². The maximum Gasteiger partial charge on any atom is 0.408 e. The van der Waals surface area contributed by atoms with Gasteiger partial charge in [0.2, 0.25) is 5.91 Å². The highest BCUT2D eigenvalue weighted by molar-refractivity contribution is 5.93. The Hall–Kier alpha value is -3.79. The fourth-order valence-corrected chi connectivity index (χ4v) is 3.26. The SMILES string of the molecule is C#CN(C(=O)C(C)NC(=O)OC(C)(C)C)C(C(=O)NCc1ccccc1)c1ccc(CC)cc1. The number of nitrogens with zero attached hydrogens (tertiary/aromatic N) is 1. The molecule has 0 heterocycles. The van der Waals surface area contributed by atoms with Gasteiger partial charge in [-0.05, 0) is 50.8 Å². The van der Waals surface area contributed by atoms with Crippen molar-refractivity contribution in [3.8, 4) is 12.5 Å². The summed E-state index contributed by atoms with van der Waals surface area (Å²) in [4.78, 5) is 39.7. The molecule has 7 nitrogen and oxygen atoms in total. The van der Waals surface area contributed by atoms with Crippen molar-refractivity contribution in [3.05, 3.63) is 71.3 Å². The van der Waals surface area contributed by atoms with E-state index in [9.17, 15) is 14.4 Å². The predicted octanol–water partition coefficient (Wildman–Crippen LogP) is 3.94. The van der Waals surface area contributed by atoms with E-state index in [1.54, 1.807) is 32.9 Å². The molecule has 2 N–H and O–H groups in total. The number of benzene rings is 2. The lowest BCUT2D eigenvalue weighted by atomic mass is 10.0. The summed E-state index contributed by atoms with van der Waals surface area (Å²) in [5.41, 5.74) is 1.85. The molecule has 0 radical (unpaired) electrons. The Balaban J connectivity index is 2.28. The summed E-state index contributed by atoms with van der Waals surface area (Å²) in [6.07, 6.45) is 5.80. The van der Waals surface area contributed by atoms with Crippen molar-refractivity contribution in [3.63, 3.8) is 0 Å². The van der Waals surface area contributed by atoms with Crippen LogP contribution in [0.4, 0.5) is 4.79 Å². The van der Waals surface area contributed by atoms with Gasteiger partial charge in [-0.15, -0.1) is 0 Å². The number of rotatable bonds is 8. The van der Waals surface area contributed by atoms with Crippen molar-refractivity contribution in [2.75, 3.05) is 0 Å². The largest absolute Gasteiger partial charge is 0.444 e. The Morgan fingerprint density at radius 1 is 1.03 bits per heavy atom. The van der Waals surface area contributed by atoms with E-state index in [2.05, 4.69) is 16.7 Å². The van der Waals surface area contributed by atoms with Crippen molar-refractivity contribution >= 4 is 17.9 Å². The molecule has 0 bridgehead atoms. The van der Waals surface area contributed by atoms with E-state index >= 15 is 0 Å². The molecule has 34 heavy (non-hydrogen) atoms. The first-order chi connectivity index (χ1) is 16.1. The molecule has 0 saturated heterocycles. The molecule has 2 aromatic carbocycles. The predicted molar refractivity (Wildman–Crippen MR) is 131 cm³/mol. The molecule has 0 aromatic heterocycles. The second-order valence-corrected chi connectivity index (χ2v) is 8.91. The fraction of sp³-hybridized carbons (Fsp3) is 0.370. The van der Waals surface area contributed by atoms with Gasteiger partial charge in [0.25, 0.3) is 5.91 Å². The number of terminal acetylenes is 1. The number of alkyl carbamates (subject to hydrolysis) is 1. The Bertz CT molecular complexity index is 1020. The van der Waals surface area contributed by atoms with Gasteiger partial charge in [0, 0.05) is 12.6 Å². The Morgan fingerprint density at radius 3 is 2.18 bits per heavy atom. The summed E-state index contributed by atoms with van der Waals surface area (Å²) in [6.45, 7) is 8.97. The highest BCUT2D eigenvalue weighted by Gasteiger charge is 2.34. The van der Waals surface area contributed by atoms with Crippen LogP contribution in [0.25, 0.3) is 0 Å². The molecule has 3 amide bonds. The minimum atomic E-state index is -1.07. The van der Waals surface area contributed by atoms with Gasteiger partial charge >= 0.3 is 6.09 Å². The Kier molecular flexibility index (Phi) is 9.26. The summed E-state index contributed by atoms with van der Waals surface area (Å²) < 4.78 is 5.23. The van der Waals surface area contributed by atoms with Gasteiger partial charge in [-0.2, -0.15) is 0 Å². The third-order valence-electron chi connectivity index (χ3n) is 5.00. The number of carbonyl (C=O) groups excluding carboxylic acids is 3. The highest BCUT2D eigenvalue weighted by atomic mass is 16.6. The van der Waals surface area contributed by atoms with E-state index in [0.717, 1.165) is 22.4 Å². The number of amides is 3. The average molecular weight is 464 g/mol. The lowest BCUT2D eigenvalue weighted by Crippen LogP contribution is -2.50. The molecule has 180 valence electrons. The lowest BCUT2D eigenvalue weighted by Gasteiger charge is -2.29. The molecule has 0 fully saturated rings. The summed E-state index contributed by atoms with van der Waals surface area (Å²) in [5, 5.41) is 5.36. The smallest absolute Gasteiger partial charge is 0.408 e. The maximum atomic E-state index is 13.3. The highest BCUT2D eigenvalue weighted by Crippen LogP contribution is 2.23. The molecule has 0 aliphatic carbocycles. The van der Waals surface area contributed by atoms with Gasteiger partial charge in [-0.1, -0.05) is 67.9 Å². The number of hydrogen-bond acceptors (Lipinski definition) is 4. The van der Waals surface area contributed by atoms with Gasteiger partial charge < -0.3 is 15.4 Å². The molecule has 0 aliphatic heterocycles. The molecular weight excluding hydrogens is 430 g/mol. The quantitative estimate of drug-likeness (QED) is 0.459. The fourth-order valence-electron chi connectivity index (χ4n) is 3.26. The Morgan fingerprint density at radius 2 is 1.65 bits per heavy atom. The number of aryl methyl sites for hydroxylation is 1. The first-order valence-electron chi connectivity index (χ1n) is 11.2. The zero-order valence-corrected chi connectivity index (χ0v) is 20.4. The van der Waals surface area contributed by atoms with E-state index in [4.69, 9.17) is 11.2 Å². The number of hydrogen-bond donors (Lipinski definition) is 2. The van der Waals surface area contributed by atoms with Crippen molar-refractivity contribution in [2.45, 2.75) is 65.3 Å². The number of ether oxygens (including phenoxy) is 1. The molecular formula is C27H33N3O4. The second-order valence-electron chi connectivity index (χ2n) is 8.91. The minimum absolute atomic E-state index is 0.279. The first-order valence-corrected chi connectivity index (χ1v) is 11.2. The normalized spacial score (nSPS) is 12.6. The number of carbonyl (C=O) groups is 3. The van der Waals surface area contributed by atoms with E-state index in [-0.39, 0.29) is 6.54 Å². The van der Waals surface area contributed by atoms with Crippen LogP contribution in [0.5, 0.6) is 0 Å². The first kappa shape index (κ1) is 26.5. The van der Waals surface area contributed by atoms with Gasteiger partial charge in [-0.3, -0.25) is 14.5 Å². The lowest BCUT2D eigenvalue weighted by molar-refractivity contribution is -0.138. The molecule has 7 heteroatoms. The monoisotopic (exact) mass is 463 g/mol. The van der Waals surface area contributed by atoms with Gasteiger partial charge in [0.15, 0.2) is 0 Å². The standard InChI is InChI=1S/C27H33N3O4/c1-7-20-14-16-22(17-15-20)23(24(31)28-18-21-12-10-9-11-13-21)30(8-2)25(32)19(3)29-26(33)34-27(4,5)6/h2,9-17,19,23H,7,18H2,1,3-6H3,(H,28,31)(H,29,33). The van der Waals surface area contributed by atoms with Crippen LogP contribution >= 0.6 is 0 Å². The third kappa shape index (κ3) is 7.66. The number of nitrogens with one attached hydrogen (secondary N) is 2. The van der Waals surface area contributed by atoms with Crippen molar-refractivity contribution in [1.29, 1.82) is 0 Å².